The number of benzene rings is 1. The van der Waals surface area contributed by atoms with Crippen LogP contribution in [0.25, 0.3) is 0 Å². The Morgan fingerprint density at radius 3 is 2.88 bits per heavy atom. The summed E-state index contributed by atoms with van der Waals surface area (Å²) in [5, 5.41) is 0.307. The van der Waals surface area contributed by atoms with Crippen molar-refractivity contribution < 1.29 is 19.1 Å². The molecule has 0 amide bonds. The van der Waals surface area contributed by atoms with E-state index < -0.39 is 12.1 Å². The molecule has 0 N–H and O–H groups in total. The fraction of sp³-hybridized carbons (Fsp3) is 0.333. The predicted molar refractivity (Wildman–Crippen MR) is 61.1 cm³/mol. The van der Waals surface area contributed by atoms with Gasteiger partial charge in [-0.1, -0.05) is 23.7 Å². The summed E-state index contributed by atoms with van der Waals surface area (Å²) < 4.78 is 10.2. The molecule has 17 heavy (non-hydrogen) atoms. The van der Waals surface area contributed by atoms with E-state index in [1.165, 1.54) is 0 Å². The summed E-state index contributed by atoms with van der Waals surface area (Å²) in [6.45, 7) is 0.508. The average molecular weight is 255 g/mol. The topological polar surface area (TPSA) is 52.6 Å². The average Bonchev–Trinajstić information content (AvgIpc) is 2.32. The standard InChI is InChI=1S/C12H11ClO4/c13-9-4-2-1-3-8(9)12(15)17-11-7-16-6-5-10(11)14/h1-4,11H,5-7H2. The number of carbonyl (C=O) groups excluding carboxylic acids is 2. The molecule has 90 valence electrons. The third-order valence-corrected chi connectivity index (χ3v) is 2.79. The minimum absolute atomic E-state index is 0.114. The summed E-state index contributed by atoms with van der Waals surface area (Å²) in [6.07, 6.45) is -0.534. The molecule has 1 unspecified atom stereocenters. The number of esters is 1. The maximum absolute atomic E-state index is 11.8. The van der Waals surface area contributed by atoms with Gasteiger partial charge in [0.1, 0.15) is 0 Å². The molecule has 1 atom stereocenters. The molecule has 0 saturated carbocycles. The second kappa shape index (κ2) is 5.29. The van der Waals surface area contributed by atoms with Crippen molar-refractivity contribution in [2.75, 3.05) is 13.2 Å². The molecule has 0 spiro atoms. The lowest BCUT2D eigenvalue weighted by atomic mass is 10.1. The van der Waals surface area contributed by atoms with Crippen LogP contribution in [0.1, 0.15) is 16.8 Å². The number of rotatable bonds is 2. The molecule has 1 aliphatic heterocycles. The molecule has 0 bridgehead atoms. The van der Waals surface area contributed by atoms with Gasteiger partial charge in [0.15, 0.2) is 11.9 Å². The molecular formula is C12H11ClO4. The number of ketones is 1. The molecule has 1 heterocycles. The number of hydrogen-bond acceptors (Lipinski definition) is 4. The Kier molecular flexibility index (Phi) is 3.76. The first-order chi connectivity index (χ1) is 8.18. The molecule has 0 aliphatic carbocycles. The van der Waals surface area contributed by atoms with Crippen LogP contribution >= 0.6 is 11.6 Å². The third kappa shape index (κ3) is 2.84. The van der Waals surface area contributed by atoms with Gasteiger partial charge in [-0.15, -0.1) is 0 Å². The van der Waals surface area contributed by atoms with Gasteiger partial charge >= 0.3 is 5.97 Å². The van der Waals surface area contributed by atoms with Gasteiger partial charge in [-0.2, -0.15) is 0 Å². The summed E-state index contributed by atoms with van der Waals surface area (Å²) >= 11 is 5.86. The highest BCUT2D eigenvalue weighted by molar-refractivity contribution is 6.33. The van der Waals surface area contributed by atoms with Gasteiger partial charge in [-0.25, -0.2) is 4.79 Å². The number of Topliss-reactive ketones (excluding diaryl/α,β-unsaturated/α-hetero) is 1. The molecule has 1 fully saturated rings. The third-order valence-electron chi connectivity index (χ3n) is 2.46. The van der Waals surface area contributed by atoms with E-state index in [0.717, 1.165) is 0 Å². The Balaban J connectivity index is 2.06. The Morgan fingerprint density at radius 2 is 2.18 bits per heavy atom. The molecule has 0 aromatic heterocycles. The number of halogens is 1. The first-order valence-corrected chi connectivity index (χ1v) is 5.62. The number of ether oxygens (including phenoxy) is 2. The molecule has 5 heteroatoms. The van der Waals surface area contributed by atoms with E-state index in [4.69, 9.17) is 21.1 Å². The van der Waals surface area contributed by atoms with Crippen molar-refractivity contribution in [3.63, 3.8) is 0 Å². The van der Waals surface area contributed by atoms with Crippen molar-refractivity contribution >= 4 is 23.4 Å². The van der Waals surface area contributed by atoms with Crippen molar-refractivity contribution in [2.24, 2.45) is 0 Å². The summed E-state index contributed by atoms with van der Waals surface area (Å²) in [4.78, 5) is 23.2. The summed E-state index contributed by atoms with van der Waals surface area (Å²) in [5.41, 5.74) is 0.257. The Bertz CT molecular complexity index is 444. The molecule has 1 aliphatic rings. The van der Waals surface area contributed by atoms with Crippen molar-refractivity contribution in [1.29, 1.82) is 0 Å². The van der Waals surface area contributed by atoms with E-state index in [1.807, 2.05) is 0 Å². The van der Waals surface area contributed by atoms with Gasteiger partial charge in [0.05, 0.1) is 23.8 Å². The smallest absolute Gasteiger partial charge is 0.340 e. The highest BCUT2D eigenvalue weighted by Gasteiger charge is 2.27. The minimum Gasteiger partial charge on any atom is -0.448 e. The van der Waals surface area contributed by atoms with Gasteiger partial charge < -0.3 is 9.47 Å². The van der Waals surface area contributed by atoms with Crippen LogP contribution in [0.2, 0.25) is 5.02 Å². The van der Waals surface area contributed by atoms with Gasteiger partial charge in [-0.3, -0.25) is 4.79 Å². The molecule has 1 saturated heterocycles. The highest BCUT2D eigenvalue weighted by atomic mass is 35.5. The zero-order valence-corrected chi connectivity index (χ0v) is 9.77. The Labute approximate surface area is 103 Å². The summed E-state index contributed by atoms with van der Waals surface area (Å²) in [6, 6.07) is 6.55. The fourth-order valence-electron chi connectivity index (χ4n) is 1.54. The monoisotopic (exact) mass is 254 g/mol. The van der Waals surface area contributed by atoms with E-state index in [9.17, 15) is 9.59 Å². The summed E-state index contributed by atoms with van der Waals surface area (Å²) in [7, 11) is 0. The SMILES string of the molecule is O=C(OC1COCCC1=O)c1ccccc1Cl. The van der Waals surface area contributed by atoms with Crippen LogP contribution in [0.5, 0.6) is 0 Å². The van der Waals surface area contributed by atoms with E-state index in [1.54, 1.807) is 24.3 Å². The summed E-state index contributed by atoms with van der Waals surface area (Å²) in [5.74, 6) is -0.712. The molecule has 0 radical (unpaired) electrons. The molecule has 1 aromatic carbocycles. The molecule has 1 aromatic rings. The Hall–Kier alpha value is -1.39. The van der Waals surface area contributed by atoms with Gasteiger partial charge in [0.2, 0.25) is 0 Å². The predicted octanol–water partition coefficient (Wildman–Crippen LogP) is 1.85. The first-order valence-electron chi connectivity index (χ1n) is 5.24. The van der Waals surface area contributed by atoms with Crippen LogP contribution in [0, 0.1) is 0 Å². The molecule has 2 rings (SSSR count). The van der Waals surface area contributed by atoms with Crippen LogP contribution in [-0.2, 0) is 14.3 Å². The zero-order chi connectivity index (χ0) is 12.3. The van der Waals surface area contributed by atoms with E-state index >= 15 is 0 Å². The van der Waals surface area contributed by atoms with E-state index in [2.05, 4.69) is 0 Å². The fourth-order valence-corrected chi connectivity index (χ4v) is 1.75. The van der Waals surface area contributed by atoms with Crippen LogP contribution in [-0.4, -0.2) is 31.1 Å². The maximum Gasteiger partial charge on any atom is 0.340 e. The zero-order valence-electron chi connectivity index (χ0n) is 9.02. The largest absolute Gasteiger partial charge is 0.448 e. The second-order valence-corrected chi connectivity index (χ2v) is 4.07. The van der Waals surface area contributed by atoms with Crippen molar-refractivity contribution in [2.45, 2.75) is 12.5 Å². The number of carbonyl (C=O) groups is 2. The van der Waals surface area contributed by atoms with Crippen molar-refractivity contribution in [3.8, 4) is 0 Å². The van der Waals surface area contributed by atoms with Gasteiger partial charge in [-0.05, 0) is 12.1 Å². The normalized spacial score (nSPS) is 20.1. The van der Waals surface area contributed by atoms with E-state index in [-0.39, 0.29) is 24.4 Å². The van der Waals surface area contributed by atoms with Gasteiger partial charge in [0.25, 0.3) is 0 Å². The molecule has 4 nitrogen and oxygen atoms in total. The number of hydrogen-bond donors (Lipinski definition) is 0. The quantitative estimate of drug-likeness (QED) is 0.756. The lowest BCUT2D eigenvalue weighted by Crippen LogP contribution is -2.36. The van der Waals surface area contributed by atoms with Crippen LogP contribution in [0.4, 0.5) is 0 Å². The van der Waals surface area contributed by atoms with Gasteiger partial charge in [0, 0.05) is 6.42 Å². The minimum atomic E-state index is -0.812. The van der Waals surface area contributed by atoms with Crippen molar-refractivity contribution in [3.05, 3.63) is 34.9 Å². The van der Waals surface area contributed by atoms with Crippen LogP contribution in [0.3, 0.4) is 0 Å². The second-order valence-electron chi connectivity index (χ2n) is 3.67. The van der Waals surface area contributed by atoms with E-state index in [0.29, 0.717) is 11.6 Å². The van der Waals surface area contributed by atoms with Crippen molar-refractivity contribution in [1.82, 2.24) is 0 Å². The lowest BCUT2D eigenvalue weighted by molar-refractivity contribution is -0.137. The van der Waals surface area contributed by atoms with Crippen LogP contribution < -0.4 is 0 Å². The van der Waals surface area contributed by atoms with Crippen LogP contribution in [0.15, 0.2) is 24.3 Å². The first kappa shape index (κ1) is 12.1. The molecular weight excluding hydrogens is 244 g/mol. The maximum atomic E-state index is 11.8. The Morgan fingerprint density at radius 1 is 1.41 bits per heavy atom. The highest BCUT2D eigenvalue weighted by Crippen LogP contribution is 2.17. The lowest BCUT2D eigenvalue weighted by Gasteiger charge is -2.21.